The van der Waals surface area contributed by atoms with Crippen molar-refractivity contribution < 1.29 is 9.90 Å². The van der Waals surface area contributed by atoms with Gasteiger partial charge < -0.3 is 15.3 Å². The molecule has 1 aromatic rings. The number of fused-ring (bicyclic) bond motifs is 1. The predicted molar refractivity (Wildman–Crippen MR) is 93.3 cm³/mol. The maximum Gasteiger partial charge on any atom is 0.236 e. The average Bonchev–Trinajstić information content (AvgIpc) is 2.59. The molecule has 2 atom stereocenters. The molecule has 0 heterocycles. The highest BCUT2D eigenvalue weighted by molar-refractivity contribution is 5.78. The van der Waals surface area contributed by atoms with E-state index in [2.05, 4.69) is 43.4 Å². The van der Waals surface area contributed by atoms with E-state index in [0.29, 0.717) is 13.0 Å². The highest BCUT2D eigenvalue weighted by Crippen LogP contribution is 2.33. The highest BCUT2D eigenvalue weighted by Gasteiger charge is 2.28. The van der Waals surface area contributed by atoms with E-state index in [0.717, 1.165) is 25.7 Å². The monoisotopic (exact) mass is 318 g/mol. The van der Waals surface area contributed by atoms with Gasteiger partial charge in [-0.15, -0.1) is 0 Å². The second-order valence-electron chi connectivity index (χ2n) is 6.85. The fourth-order valence-corrected chi connectivity index (χ4v) is 3.36. The Morgan fingerprint density at radius 2 is 2.17 bits per heavy atom. The van der Waals surface area contributed by atoms with Crippen LogP contribution in [0.4, 0.5) is 0 Å². The van der Waals surface area contributed by atoms with Crippen LogP contribution in [0.2, 0.25) is 0 Å². The number of benzene rings is 1. The number of carbonyl (C=O) groups is 1. The number of amides is 1. The lowest BCUT2D eigenvalue weighted by atomic mass is 9.87. The number of carbonyl (C=O) groups excluding carboxylic acids is 1. The van der Waals surface area contributed by atoms with Gasteiger partial charge in [0.05, 0.1) is 12.6 Å². The molecule has 23 heavy (non-hydrogen) atoms. The minimum absolute atomic E-state index is 0.115. The lowest BCUT2D eigenvalue weighted by Gasteiger charge is -2.35. The van der Waals surface area contributed by atoms with Crippen molar-refractivity contribution in [3.05, 3.63) is 35.4 Å². The molecule has 1 aliphatic carbocycles. The van der Waals surface area contributed by atoms with E-state index in [1.165, 1.54) is 11.1 Å². The van der Waals surface area contributed by atoms with Gasteiger partial charge in [0.25, 0.3) is 0 Å². The van der Waals surface area contributed by atoms with E-state index in [1.807, 2.05) is 11.9 Å². The molecule has 0 fully saturated rings. The summed E-state index contributed by atoms with van der Waals surface area (Å²) < 4.78 is 0. The quantitative estimate of drug-likeness (QED) is 0.813. The Hall–Kier alpha value is -1.39. The Balaban J connectivity index is 2.01. The molecule has 128 valence electrons. The molecule has 4 heteroatoms. The molecule has 0 spiro atoms. The molecular weight excluding hydrogens is 288 g/mol. The molecule has 0 aromatic heterocycles. The summed E-state index contributed by atoms with van der Waals surface area (Å²) >= 11 is 0. The molecule has 1 aliphatic rings. The van der Waals surface area contributed by atoms with Crippen molar-refractivity contribution in [1.82, 2.24) is 10.2 Å². The zero-order chi connectivity index (χ0) is 16.9. The first-order valence-corrected chi connectivity index (χ1v) is 8.70. The van der Waals surface area contributed by atoms with Crippen molar-refractivity contribution in [3.8, 4) is 0 Å². The molecule has 4 nitrogen and oxygen atoms in total. The van der Waals surface area contributed by atoms with Crippen LogP contribution in [0.3, 0.4) is 0 Å². The standard InChI is InChI=1S/C19H30N2O2/c1-4-19(2,12-13-22)20-14-18(23)21(3)17-11-7-9-15-8-5-6-10-16(15)17/h5-6,8,10,17,20,22H,4,7,9,11-14H2,1-3H3/t17-,19-/m0/s1. The van der Waals surface area contributed by atoms with Gasteiger partial charge in [-0.1, -0.05) is 31.2 Å². The number of nitrogens with zero attached hydrogens (tertiary/aromatic N) is 1. The van der Waals surface area contributed by atoms with Gasteiger partial charge in [-0.05, 0) is 50.2 Å². The van der Waals surface area contributed by atoms with Gasteiger partial charge in [-0.3, -0.25) is 4.79 Å². The molecule has 1 aromatic carbocycles. The van der Waals surface area contributed by atoms with Gasteiger partial charge in [0, 0.05) is 19.2 Å². The Morgan fingerprint density at radius 1 is 1.43 bits per heavy atom. The average molecular weight is 318 g/mol. The van der Waals surface area contributed by atoms with Crippen LogP contribution >= 0.6 is 0 Å². The fraction of sp³-hybridized carbons (Fsp3) is 0.632. The number of hydrogen-bond acceptors (Lipinski definition) is 3. The number of aliphatic hydroxyl groups is 1. The van der Waals surface area contributed by atoms with Crippen molar-refractivity contribution in [3.63, 3.8) is 0 Å². The molecule has 0 bridgehead atoms. The number of likely N-dealkylation sites (N-methyl/N-ethyl adjacent to an activating group) is 1. The zero-order valence-electron chi connectivity index (χ0n) is 14.6. The van der Waals surface area contributed by atoms with E-state index < -0.39 is 0 Å². The van der Waals surface area contributed by atoms with Crippen LogP contribution in [0.5, 0.6) is 0 Å². The largest absolute Gasteiger partial charge is 0.396 e. The maximum atomic E-state index is 12.6. The molecule has 2 N–H and O–H groups in total. The summed E-state index contributed by atoms with van der Waals surface area (Å²) in [5, 5.41) is 12.5. The first-order chi connectivity index (χ1) is 11.0. The SMILES string of the molecule is CC[C@@](C)(CCO)NCC(=O)N(C)[C@H]1CCCc2ccccc21. The number of aryl methyl sites for hydroxylation is 1. The van der Waals surface area contributed by atoms with Gasteiger partial charge in [-0.25, -0.2) is 0 Å². The number of nitrogens with one attached hydrogen (secondary N) is 1. The van der Waals surface area contributed by atoms with E-state index >= 15 is 0 Å². The number of aliphatic hydroxyl groups excluding tert-OH is 1. The van der Waals surface area contributed by atoms with Crippen LogP contribution in [-0.2, 0) is 11.2 Å². The first-order valence-electron chi connectivity index (χ1n) is 8.70. The summed E-state index contributed by atoms with van der Waals surface area (Å²) in [6.45, 7) is 4.59. The third-order valence-corrected chi connectivity index (χ3v) is 5.31. The van der Waals surface area contributed by atoms with Crippen LogP contribution in [0.25, 0.3) is 0 Å². The van der Waals surface area contributed by atoms with E-state index in [9.17, 15) is 9.90 Å². The lowest BCUT2D eigenvalue weighted by molar-refractivity contribution is -0.131. The van der Waals surface area contributed by atoms with Crippen molar-refractivity contribution >= 4 is 5.91 Å². The fourth-order valence-electron chi connectivity index (χ4n) is 3.36. The van der Waals surface area contributed by atoms with Gasteiger partial charge >= 0.3 is 0 Å². The van der Waals surface area contributed by atoms with Crippen LogP contribution in [-0.4, -0.2) is 41.7 Å². The third kappa shape index (κ3) is 4.33. The second-order valence-corrected chi connectivity index (χ2v) is 6.85. The van der Waals surface area contributed by atoms with Crippen molar-refractivity contribution in [1.29, 1.82) is 0 Å². The lowest BCUT2D eigenvalue weighted by Crippen LogP contribution is -2.48. The van der Waals surface area contributed by atoms with Gasteiger partial charge in [0.1, 0.15) is 0 Å². The summed E-state index contributed by atoms with van der Waals surface area (Å²) in [7, 11) is 1.91. The molecule has 0 unspecified atom stereocenters. The van der Waals surface area contributed by atoms with Crippen LogP contribution in [0.15, 0.2) is 24.3 Å². The molecular formula is C19H30N2O2. The smallest absolute Gasteiger partial charge is 0.236 e. The van der Waals surface area contributed by atoms with Crippen LogP contribution in [0.1, 0.15) is 56.7 Å². The Kier molecular flexibility index (Phi) is 6.19. The predicted octanol–water partition coefficient (Wildman–Crippen LogP) is 2.66. The minimum Gasteiger partial charge on any atom is -0.396 e. The van der Waals surface area contributed by atoms with Crippen molar-refractivity contribution in [2.75, 3.05) is 20.2 Å². The second kappa shape index (κ2) is 7.93. The molecule has 0 aliphatic heterocycles. The van der Waals surface area contributed by atoms with E-state index in [-0.39, 0.29) is 24.1 Å². The molecule has 0 saturated heterocycles. The number of hydrogen-bond donors (Lipinski definition) is 2. The Bertz CT molecular complexity index is 532. The molecule has 2 rings (SSSR count). The first kappa shape index (κ1) is 18.0. The summed E-state index contributed by atoms with van der Waals surface area (Å²) in [6, 6.07) is 8.64. The van der Waals surface area contributed by atoms with Crippen LogP contribution in [0, 0.1) is 0 Å². The summed E-state index contributed by atoms with van der Waals surface area (Å²) in [5.74, 6) is 0.115. The molecule has 1 amide bonds. The van der Waals surface area contributed by atoms with Crippen LogP contribution < -0.4 is 5.32 Å². The zero-order valence-corrected chi connectivity index (χ0v) is 14.6. The van der Waals surface area contributed by atoms with E-state index in [1.54, 1.807) is 0 Å². The number of rotatable bonds is 7. The maximum absolute atomic E-state index is 12.6. The highest BCUT2D eigenvalue weighted by atomic mass is 16.3. The topological polar surface area (TPSA) is 52.6 Å². The summed E-state index contributed by atoms with van der Waals surface area (Å²) in [5.41, 5.74) is 2.48. The molecule has 0 radical (unpaired) electrons. The molecule has 0 saturated carbocycles. The van der Waals surface area contributed by atoms with Gasteiger partial charge in [0.2, 0.25) is 5.91 Å². The van der Waals surface area contributed by atoms with Gasteiger partial charge in [-0.2, -0.15) is 0 Å². The summed E-state index contributed by atoms with van der Waals surface area (Å²) in [4.78, 5) is 14.5. The normalized spacial score (nSPS) is 19.7. The van der Waals surface area contributed by atoms with Crippen molar-refractivity contribution in [2.24, 2.45) is 0 Å². The minimum atomic E-state index is -0.185. The van der Waals surface area contributed by atoms with Gasteiger partial charge in [0.15, 0.2) is 0 Å². The van der Waals surface area contributed by atoms with E-state index in [4.69, 9.17) is 0 Å². The van der Waals surface area contributed by atoms with Crippen molar-refractivity contribution in [2.45, 2.75) is 57.5 Å². The Morgan fingerprint density at radius 3 is 2.87 bits per heavy atom. The summed E-state index contributed by atoms with van der Waals surface area (Å²) in [6.07, 6.45) is 4.81. The third-order valence-electron chi connectivity index (χ3n) is 5.31. The Labute approximate surface area is 139 Å².